The number of hydrogen-bond acceptors (Lipinski definition) is 5. The van der Waals surface area contributed by atoms with Crippen molar-refractivity contribution in [2.24, 2.45) is 7.05 Å². The Bertz CT molecular complexity index is 490. The molecule has 22 heavy (non-hydrogen) atoms. The first-order valence-electron chi connectivity index (χ1n) is 8.22. The molecule has 0 amide bonds. The van der Waals surface area contributed by atoms with Crippen LogP contribution in [0.5, 0.6) is 0 Å². The molecule has 2 aliphatic rings. The lowest BCUT2D eigenvalue weighted by atomic mass is 10.0. The minimum absolute atomic E-state index is 0.193. The molecule has 0 aliphatic carbocycles. The predicted octanol–water partition coefficient (Wildman–Crippen LogP) is 0.732. The molecule has 6 heteroatoms. The summed E-state index contributed by atoms with van der Waals surface area (Å²) in [6.45, 7) is 11.5. The van der Waals surface area contributed by atoms with Crippen molar-refractivity contribution in [3.05, 3.63) is 18.0 Å². The van der Waals surface area contributed by atoms with Crippen LogP contribution in [0.4, 0.5) is 0 Å². The van der Waals surface area contributed by atoms with Gasteiger partial charge in [-0.15, -0.1) is 0 Å². The number of aromatic nitrogens is 2. The Balaban J connectivity index is 1.69. The van der Waals surface area contributed by atoms with Crippen LogP contribution in [-0.4, -0.2) is 77.2 Å². The van der Waals surface area contributed by atoms with Gasteiger partial charge in [0.15, 0.2) is 0 Å². The zero-order valence-electron chi connectivity index (χ0n) is 14.0. The van der Waals surface area contributed by atoms with Gasteiger partial charge in [0.05, 0.1) is 26.0 Å². The van der Waals surface area contributed by atoms with E-state index in [0.29, 0.717) is 12.6 Å². The second-order valence-electron chi connectivity index (χ2n) is 6.88. The number of ether oxygens (including phenoxy) is 2. The summed E-state index contributed by atoms with van der Waals surface area (Å²) in [6.07, 6.45) is 4.03. The Kier molecular flexibility index (Phi) is 4.82. The van der Waals surface area contributed by atoms with Gasteiger partial charge in [-0.1, -0.05) is 0 Å². The summed E-state index contributed by atoms with van der Waals surface area (Å²) in [4.78, 5) is 4.94. The van der Waals surface area contributed by atoms with E-state index in [2.05, 4.69) is 34.9 Å². The second-order valence-corrected chi connectivity index (χ2v) is 6.88. The maximum Gasteiger partial charge on any atom is 0.117 e. The van der Waals surface area contributed by atoms with Crippen LogP contribution in [0.1, 0.15) is 19.4 Å². The third kappa shape index (κ3) is 3.68. The Morgan fingerprint density at radius 1 is 1.27 bits per heavy atom. The van der Waals surface area contributed by atoms with E-state index in [-0.39, 0.29) is 5.60 Å². The highest BCUT2D eigenvalue weighted by molar-refractivity contribution is 5.04. The summed E-state index contributed by atoms with van der Waals surface area (Å²) in [5.74, 6) is 0. The monoisotopic (exact) mass is 308 g/mol. The number of nitrogens with zero attached hydrogens (tertiary/aromatic N) is 4. The molecule has 0 saturated carbocycles. The van der Waals surface area contributed by atoms with Crippen molar-refractivity contribution in [1.29, 1.82) is 0 Å². The molecule has 1 spiro atoms. The zero-order valence-corrected chi connectivity index (χ0v) is 14.0. The maximum atomic E-state index is 6.21. The molecule has 3 heterocycles. The summed E-state index contributed by atoms with van der Waals surface area (Å²) in [7, 11) is 1.96. The lowest BCUT2D eigenvalue weighted by Crippen LogP contribution is -2.59. The van der Waals surface area contributed by atoms with Gasteiger partial charge in [0.1, 0.15) is 5.60 Å². The SMILES string of the molecule is CC(C)N1CCOC2(COCCN(Cc3cnn(C)c3)C2)C1. The van der Waals surface area contributed by atoms with E-state index >= 15 is 0 Å². The first-order chi connectivity index (χ1) is 10.6. The van der Waals surface area contributed by atoms with Crippen molar-refractivity contribution < 1.29 is 9.47 Å². The second kappa shape index (κ2) is 6.66. The molecular weight excluding hydrogens is 280 g/mol. The fourth-order valence-corrected chi connectivity index (χ4v) is 3.43. The molecule has 1 aromatic heterocycles. The smallest absolute Gasteiger partial charge is 0.117 e. The van der Waals surface area contributed by atoms with E-state index in [1.54, 1.807) is 0 Å². The van der Waals surface area contributed by atoms with Crippen molar-refractivity contribution in [3.63, 3.8) is 0 Å². The van der Waals surface area contributed by atoms with Crippen molar-refractivity contribution in [1.82, 2.24) is 19.6 Å². The van der Waals surface area contributed by atoms with Gasteiger partial charge in [-0.2, -0.15) is 5.10 Å². The minimum Gasteiger partial charge on any atom is -0.377 e. The normalized spacial score (nSPS) is 28.4. The van der Waals surface area contributed by atoms with E-state index in [1.165, 1.54) is 5.56 Å². The number of rotatable bonds is 3. The number of morpholine rings is 1. The highest BCUT2D eigenvalue weighted by Gasteiger charge is 2.40. The van der Waals surface area contributed by atoms with Crippen LogP contribution >= 0.6 is 0 Å². The van der Waals surface area contributed by atoms with Crippen LogP contribution < -0.4 is 0 Å². The van der Waals surface area contributed by atoms with Crippen molar-refractivity contribution in [2.75, 3.05) is 46.0 Å². The molecule has 2 aliphatic heterocycles. The van der Waals surface area contributed by atoms with Crippen LogP contribution in [0.25, 0.3) is 0 Å². The number of aryl methyl sites for hydroxylation is 1. The van der Waals surface area contributed by atoms with Gasteiger partial charge < -0.3 is 9.47 Å². The summed E-state index contributed by atoms with van der Waals surface area (Å²) in [6, 6.07) is 0.552. The molecule has 1 unspecified atom stereocenters. The molecule has 1 atom stereocenters. The van der Waals surface area contributed by atoms with E-state index in [4.69, 9.17) is 9.47 Å². The van der Waals surface area contributed by atoms with Crippen LogP contribution in [-0.2, 0) is 23.1 Å². The predicted molar refractivity (Wildman–Crippen MR) is 84.7 cm³/mol. The summed E-state index contributed by atoms with van der Waals surface area (Å²) in [5, 5.41) is 4.26. The fourth-order valence-electron chi connectivity index (χ4n) is 3.43. The molecule has 2 fully saturated rings. The summed E-state index contributed by atoms with van der Waals surface area (Å²) in [5.41, 5.74) is 1.05. The molecule has 0 bridgehead atoms. The average molecular weight is 308 g/mol. The Labute approximate surface area is 133 Å². The average Bonchev–Trinajstić information content (AvgIpc) is 2.79. The van der Waals surface area contributed by atoms with Crippen LogP contribution in [0.2, 0.25) is 0 Å². The van der Waals surface area contributed by atoms with Crippen LogP contribution in [0.3, 0.4) is 0 Å². The Hall–Kier alpha value is -0.950. The molecule has 1 aromatic rings. The van der Waals surface area contributed by atoms with E-state index in [9.17, 15) is 0 Å². The van der Waals surface area contributed by atoms with Gasteiger partial charge in [-0.3, -0.25) is 14.5 Å². The summed E-state index contributed by atoms with van der Waals surface area (Å²) >= 11 is 0. The Morgan fingerprint density at radius 3 is 2.86 bits per heavy atom. The molecule has 2 saturated heterocycles. The standard InChI is InChI=1S/C16H28N4O2/c1-14(2)20-5-7-22-16(12-20)11-19(4-6-21-13-16)10-15-8-17-18(3)9-15/h8-9,14H,4-7,10-13H2,1-3H3. The minimum atomic E-state index is -0.193. The Morgan fingerprint density at radius 2 is 2.14 bits per heavy atom. The van der Waals surface area contributed by atoms with Gasteiger partial charge in [-0.25, -0.2) is 0 Å². The topological polar surface area (TPSA) is 42.8 Å². The zero-order chi connectivity index (χ0) is 15.6. The van der Waals surface area contributed by atoms with E-state index in [0.717, 1.165) is 45.9 Å². The molecule has 6 nitrogen and oxygen atoms in total. The van der Waals surface area contributed by atoms with Gasteiger partial charge in [0, 0.05) is 57.6 Å². The van der Waals surface area contributed by atoms with E-state index < -0.39 is 0 Å². The quantitative estimate of drug-likeness (QED) is 0.824. The van der Waals surface area contributed by atoms with Crippen LogP contribution in [0.15, 0.2) is 12.4 Å². The van der Waals surface area contributed by atoms with Gasteiger partial charge in [0.2, 0.25) is 0 Å². The van der Waals surface area contributed by atoms with Crippen molar-refractivity contribution in [3.8, 4) is 0 Å². The van der Waals surface area contributed by atoms with Gasteiger partial charge >= 0.3 is 0 Å². The van der Waals surface area contributed by atoms with Gasteiger partial charge in [-0.05, 0) is 13.8 Å². The summed E-state index contributed by atoms with van der Waals surface area (Å²) < 4.78 is 13.9. The first kappa shape index (κ1) is 15.9. The fraction of sp³-hybridized carbons (Fsp3) is 0.812. The molecule has 124 valence electrons. The molecule has 0 radical (unpaired) electrons. The molecular formula is C16H28N4O2. The third-order valence-corrected chi connectivity index (χ3v) is 4.60. The number of hydrogen-bond donors (Lipinski definition) is 0. The third-order valence-electron chi connectivity index (χ3n) is 4.60. The lowest BCUT2D eigenvalue weighted by Gasteiger charge is -2.44. The molecule has 0 aromatic carbocycles. The highest BCUT2D eigenvalue weighted by Crippen LogP contribution is 2.24. The van der Waals surface area contributed by atoms with Gasteiger partial charge in [0.25, 0.3) is 0 Å². The maximum absolute atomic E-state index is 6.21. The van der Waals surface area contributed by atoms with Crippen molar-refractivity contribution in [2.45, 2.75) is 32.0 Å². The molecule has 3 rings (SSSR count). The van der Waals surface area contributed by atoms with Crippen molar-refractivity contribution >= 4 is 0 Å². The lowest BCUT2D eigenvalue weighted by molar-refractivity contribution is -0.146. The highest BCUT2D eigenvalue weighted by atomic mass is 16.5. The van der Waals surface area contributed by atoms with Crippen LogP contribution in [0, 0.1) is 0 Å². The first-order valence-corrected chi connectivity index (χ1v) is 8.22. The van der Waals surface area contributed by atoms with E-state index in [1.807, 2.05) is 17.9 Å². The largest absolute Gasteiger partial charge is 0.377 e. The molecule has 0 N–H and O–H groups in total.